The van der Waals surface area contributed by atoms with Crippen molar-refractivity contribution in [2.75, 3.05) is 17.4 Å². The Morgan fingerprint density at radius 3 is 2.42 bits per heavy atom. The average Bonchev–Trinajstić information content (AvgIpc) is 2.64. The lowest BCUT2D eigenvalue weighted by atomic mass is 10.2. The molecule has 0 radical (unpaired) electrons. The van der Waals surface area contributed by atoms with E-state index in [-0.39, 0.29) is 28.6 Å². The minimum atomic E-state index is -3.91. The maximum absolute atomic E-state index is 13.1. The molecule has 2 aromatic rings. The van der Waals surface area contributed by atoms with Crippen LogP contribution in [0.5, 0.6) is 0 Å². The Morgan fingerprint density at radius 2 is 1.81 bits per heavy atom. The van der Waals surface area contributed by atoms with Crippen LogP contribution < -0.4 is 9.62 Å². The molecule has 5 nitrogen and oxygen atoms in total. The summed E-state index contributed by atoms with van der Waals surface area (Å²) in [6.45, 7) is 7.49. The Labute approximate surface area is 158 Å². The van der Waals surface area contributed by atoms with E-state index in [2.05, 4.69) is 18.5 Å². The van der Waals surface area contributed by atoms with Crippen molar-refractivity contribution in [1.82, 2.24) is 5.32 Å². The summed E-state index contributed by atoms with van der Waals surface area (Å²) in [7, 11) is -3.91. The largest absolute Gasteiger partial charge is 0.349 e. The van der Waals surface area contributed by atoms with Crippen LogP contribution in [0.3, 0.4) is 0 Å². The van der Waals surface area contributed by atoms with Gasteiger partial charge in [-0.1, -0.05) is 42.0 Å². The summed E-state index contributed by atoms with van der Waals surface area (Å²) in [6.07, 6.45) is 3.02. The molecule has 1 amide bonds. The quantitative estimate of drug-likeness (QED) is 0.700. The molecule has 0 saturated carbocycles. The summed E-state index contributed by atoms with van der Waals surface area (Å²) in [6, 6.07) is 12.7. The van der Waals surface area contributed by atoms with Crippen molar-refractivity contribution >= 4 is 33.2 Å². The number of amides is 1. The molecule has 0 unspecified atom stereocenters. The van der Waals surface area contributed by atoms with Crippen LogP contribution >= 0.6 is 11.6 Å². The van der Waals surface area contributed by atoms with Gasteiger partial charge in [-0.15, -0.1) is 13.2 Å². The zero-order valence-electron chi connectivity index (χ0n) is 14.1. The fourth-order valence-corrected chi connectivity index (χ4v) is 3.95. The maximum atomic E-state index is 13.1. The molecule has 0 aliphatic heterocycles. The van der Waals surface area contributed by atoms with Crippen LogP contribution in [0.2, 0.25) is 5.02 Å². The molecule has 26 heavy (non-hydrogen) atoms. The summed E-state index contributed by atoms with van der Waals surface area (Å²) in [5.41, 5.74) is 0.584. The number of benzene rings is 2. The van der Waals surface area contributed by atoms with Gasteiger partial charge in [0.05, 0.1) is 27.7 Å². The number of sulfonamides is 1. The summed E-state index contributed by atoms with van der Waals surface area (Å²) in [4.78, 5) is 12.2. The van der Waals surface area contributed by atoms with E-state index in [1.807, 2.05) is 0 Å². The number of para-hydroxylation sites is 1. The molecule has 2 rings (SSSR count). The van der Waals surface area contributed by atoms with E-state index in [0.717, 1.165) is 0 Å². The Balaban J connectivity index is 2.48. The van der Waals surface area contributed by atoms with E-state index in [1.54, 1.807) is 30.3 Å². The lowest BCUT2D eigenvalue weighted by Gasteiger charge is -2.23. The van der Waals surface area contributed by atoms with Gasteiger partial charge in [0.15, 0.2) is 0 Å². The second kappa shape index (κ2) is 8.69. The van der Waals surface area contributed by atoms with Crippen LogP contribution in [0.1, 0.15) is 10.4 Å². The Kier molecular flexibility index (Phi) is 6.60. The number of carbonyl (C=O) groups is 1. The summed E-state index contributed by atoms with van der Waals surface area (Å²) in [5, 5.41) is 2.76. The highest BCUT2D eigenvalue weighted by molar-refractivity contribution is 7.92. The Morgan fingerprint density at radius 1 is 1.12 bits per heavy atom. The number of carbonyl (C=O) groups excluding carboxylic acids is 1. The van der Waals surface area contributed by atoms with Gasteiger partial charge in [-0.25, -0.2) is 8.42 Å². The van der Waals surface area contributed by atoms with Gasteiger partial charge in [0.2, 0.25) is 0 Å². The maximum Gasteiger partial charge on any atom is 0.264 e. The highest BCUT2D eigenvalue weighted by Gasteiger charge is 2.25. The third kappa shape index (κ3) is 4.33. The first-order valence-electron chi connectivity index (χ1n) is 7.79. The monoisotopic (exact) mass is 390 g/mol. The highest BCUT2D eigenvalue weighted by Crippen LogP contribution is 2.26. The first-order chi connectivity index (χ1) is 12.4. The van der Waals surface area contributed by atoms with Gasteiger partial charge in [0.1, 0.15) is 0 Å². The first-order valence-corrected chi connectivity index (χ1v) is 9.61. The van der Waals surface area contributed by atoms with Gasteiger partial charge in [-0.2, -0.15) is 0 Å². The Hall–Kier alpha value is -2.57. The van der Waals surface area contributed by atoms with Crippen molar-refractivity contribution in [2.24, 2.45) is 0 Å². The van der Waals surface area contributed by atoms with E-state index in [1.165, 1.54) is 34.7 Å². The van der Waals surface area contributed by atoms with Crippen LogP contribution in [0.15, 0.2) is 78.7 Å². The zero-order chi connectivity index (χ0) is 19.2. The molecule has 0 atom stereocenters. The molecule has 0 heterocycles. The van der Waals surface area contributed by atoms with Gasteiger partial charge in [-0.05, 0) is 30.3 Å². The van der Waals surface area contributed by atoms with Gasteiger partial charge in [-0.3, -0.25) is 9.10 Å². The van der Waals surface area contributed by atoms with Crippen molar-refractivity contribution < 1.29 is 13.2 Å². The molecular weight excluding hydrogens is 372 g/mol. The topological polar surface area (TPSA) is 66.5 Å². The average molecular weight is 391 g/mol. The predicted octanol–water partition coefficient (Wildman–Crippen LogP) is 3.64. The van der Waals surface area contributed by atoms with Crippen LogP contribution in [0.25, 0.3) is 0 Å². The van der Waals surface area contributed by atoms with Crippen molar-refractivity contribution in [2.45, 2.75) is 4.90 Å². The van der Waals surface area contributed by atoms with Crippen molar-refractivity contribution in [3.63, 3.8) is 0 Å². The zero-order valence-corrected chi connectivity index (χ0v) is 15.6. The second-order valence-electron chi connectivity index (χ2n) is 5.30. The van der Waals surface area contributed by atoms with Crippen LogP contribution in [-0.2, 0) is 10.0 Å². The normalized spacial score (nSPS) is 10.8. The van der Waals surface area contributed by atoms with Crippen LogP contribution in [-0.4, -0.2) is 27.4 Å². The summed E-state index contributed by atoms with van der Waals surface area (Å²) in [5.74, 6) is -0.470. The molecule has 0 spiro atoms. The van der Waals surface area contributed by atoms with Crippen LogP contribution in [0.4, 0.5) is 5.69 Å². The summed E-state index contributed by atoms with van der Waals surface area (Å²) < 4.78 is 27.4. The van der Waals surface area contributed by atoms with Crippen molar-refractivity contribution in [3.8, 4) is 0 Å². The summed E-state index contributed by atoms with van der Waals surface area (Å²) >= 11 is 6.07. The van der Waals surface area contributed by atoms with Gasteiger partial charge >= 0.3 is 0 Å². The number of hydrogen-bond donors (Lipinski definition) is 1. The van der Waals surface area contributed by atoms with Gasteiger partial charge < -0.3 is 5.32 Å². The smallest absolute Gasteiger partial charge is 0.264 e. The second-order valence-corrected chi connectivity index (χ2v) is 7.57. The van der Waals surface area contributed by atoms with E-state index < -0.39 is 15.9 Å². The SMILES string of the molecule is C=CCNC(=O)c1cc(S(=O)(=O)N(CC=C)c2ccccc2)ccc1Cl. The first kappa shape index (κ1) is 19.8. The molecule has 0 bridgehead atoms. The molecule has 0 fully saturated rings. The molecule has 0 aliphatic carbocycles. The number of hydrogen-bond acceptors (Lipinski definition) is 3. The minimum absolute atomic E-state index is 0.0312. The molecule has 0 saturated heterocycles. The highest BCUT2D eigenvalue weighted by atomic mass is 35.5. The fourth-order valence-electron chi connectivity index (χ4n) is 2.28. The lowest BCUT2D eigenvalue weighted by Crippen LogP contribution is -2.31. The van der Waals surface area contributed by atoms with Crippen molar-refractivity contribution in [1.29, 1.82) is 0 Å². The van der Waals surface area contributed by atoms with E-state index in [0.29, 0.717) is 5.69 Å². The standard InChI is InChI=1S/C19H19ClN2O3S/c1-3-12-21-19(23)17-14-16(10-11-18(17)20)26(24,25)22(13-4-2)15-8-6-5-7-9-15/h3-11,14H,1-2,12-13H2,(H,21,23). The number of nitrogens with one attached hydrogen (secondary N) is 1. The number of anilines is 1. The number of nitrogens with zero attached hydrogens (tertiary/aromatic N) is 1. The number of halogens is 1. The molecule has 0 aliphatic rings. The van der Waals surface area contributed by atoms with Gasteiger partial charge in [0, 0.05) is 6.54 Å². The molecule has 2 aromatic carbocycles. The lowest BCUT2D eigenvalue weighted by molar-refractivity contribution is 0.0958. The third-order valence-corrected chi connectivity index (χ3v) is 5.64. The molecular formula is C19H19ClN2O3S. The van der Waals surface area contributed by atoms with E-state index in [4.69, 9.17) is 11.6 Å². The van der Waals surface area contributed by atoms with Gasteiger partial charge in [0.25, 0.3) is 15.9 Å². The molecule has 0 aromatic heterocycles. The van der Waals surface area contributed by atoms with Crippen molar-refractivity contribution in [3.05, 3.63) is 84.4 Å². The molecule has 1 N–H and O–H groups in total. The minimum Gasteiger partial charge on any atom is -0.349 e. The molecule has 136 valence electrons. The Bertz CT molecular complexity index is 912. The molecule has 7 heteroatoms. The van der Waals surface area contributed by atoms with Crippen LogP contribution in [0, 0.1) is 0 Å². The third-order valence-electron chi connectivity index (χ3n) is 3.52. The van der Waals surface area contributed by atoms with E-state index in [9.17, 15) is 13.2 Å². The van der Waals surface area contributed by atoms with E-state index >= 15 is 0 Å². The predicted molar refractivity (Wildman–Crippen MR) is 105 cm³/mol. The fraction of sp³-hybridized carbons (Fsp3) is 0.105. The number of rotatable bonds is 8.